The lowest BCUT2D eigenvalue weighted by atomic mass is 9.88. The third-order valence-electron chi connectivity index (χ3n) is 6.54. The van der Waals surface area contributed by atoms with Gasteiger partial charge in [-0.2, -0.15) is 0 Å². The molecule has 4 nitrogen and oxygen atoms in total. The van der Waals surface area contributed by atoms with E-state index in [4.69, 9.17) is 0 Å². The molecule has 174 valence electrons. The first-order valence-corrected chi connectivity index (χ1v) is 12.0. The number of aryl methyl sites for hydroxylation is 1. The molecule has 1 aliphatic rings. The van der Waals surface area contributed by atoms with Crippen LogP contribution in [0.2, 0.25) is 0 Å². The zero-order valence-corrected chi connectivity index (χ0v) is 19.6. The highest BCUT2D eigenvalue weighted by molar-refractivity contribution is 5.97. The zero-order valence-electron chi connectivity index (χ0n) is 19.6. The van der Waals surface area contributed by atoms with Crippen molar-refractivity contribution in [2.45, 2.75) is 31.7 Å². The summed E-state index contributed by atoms with van der Waals surface area (Å²) in [6.07, 6.45) is 1.50. The Labute approximate surface area is 206 Å². The fourth-order valence-electron chi connectivity index (χ4n) is 4.77. The van der Waals surface area contributed by atoms with Gasteiger partial charge in [0, 0.05) is 30.1 Å². The lowest BCUT2D eigenvalue weighted by Crippen LogP contribution is -2.34. The molecule has 0 saturated heterocycles. The number of carbonyl (C=O) groups excluding carboxylic acids is 2. The highest BCUT2D eigenvalue weighted by atomic mass is 16.2. The van der Waals surface area contributed by atoms with Gasteiger partial charge >= 0.3 is 0 Å². The van der Waals surface area contributed by atoms with E-state index in [1.165, 1.54) is 0 Å². The second-order valence-corrected chi connectivity index (χ2v) is 8.94. The van der Waals surface area contributed by atoms with E-state index in [0.717, 1.165) is 33.6 Å². The molecule has 0 radical (unpaired) electrons. The van der Waals surface area contributed by atoms with Crippen molar-refractivity contribution in [1.82, 2.24) is 0 Å². The van der Waals surface area contributed by atoms with E-state index in [9.17, 15) is 9.59 Å². The average Bonchev–Trinajstić information content (AvgIpc) is 2.90. The van der Waals surface area contributed by atoms with E-state index in [1.54, 1.807) is 0 Å². The topological polar surface area (TPSA) is 49.4 Å². The molecule has 5 rings (SSSR count). The highest BCUT2D eigenvalue weighted by Crippen LogP contribution is 2.32. The SMILES string of the molecule is O=C(CC(c1ccccc1)c1ccccc1)Nc1ccc2c(c1)CCC(=O)N2Cc1ccccc1. The number of hydrogen-bond donors (Lipinski definition) is 1. The van der Waals surface area contributed by atoms with Gasteiger partial charge in [0.25, 0.3) is 0 Å². The van der Waals surface area contributed by atoms with Crippen LogP contribution >= 0.6 is 0 Å². The third kappa shape index (κ3) is 5.33. The first-order chi connectivity index (χ1) is 17.2. The van der Waals surface area contributed by atoms with Gasteiger partial charge in [0.15, 0.2) is 0 Å². The van der Waals surface area contributed by atoms with E-state index in [2.05, 4.69) is 29.6 Å². The number of hydrogen-bond acceptors (Lipinski definition) is 2. The van der Waals surface area contributed by atoms with Crippen LogP contribution in [0, 0.1) is 0 Å². The molecule has 0 fully saturated rings. The molecule has 2 amide bonds. The summed E-state index contributed by atoms with van der Waals surface area (Å²) in [5.41, 5.74) is 6.11. The van der Waals surface area contributed by atoms with Gasteiger partial charge in [0.1, 0.15) is 0 Å². The molecule has 0 aliphatic carbocycles. The molecule has 0 bridgehead atoms. The molecule has 0 atom stereocenters. The van der Waals surface area contributed by atoms with Gasteiger partial charge in [-0.05, 0) is 46.9 Å². The molecule has 4 aromatic carbocycles. The third-order valence-corrected chi connectivity index (χ3v) is 6.54. The van der Waals surface area contributed by atoms with E-state index in [1.807, 2.05) is 89.8 Å². The van der Waals surface area contributed by atoms with Crippen LogP contribution in [-0.2, 0) is 22.6 Å². The fraction of sp³-hybridized carbons (Fsp3) is 0.161. The van der Waals surface area contributed by atoms with Gasteiger partial charge < -0.3 is 10.2 Å². The number of anilines is 2. The predicted molar refractivity (Wildman–Crippen MR) is 140 cm³/mol. The summed E-state index contributed by atoms with van der Waals surface area (Å²) in [7, 11) is 0. The van der Waals surface area contributed by atoms with Crippen LogP contribution in [0.4, 0.5) is 11.4 Å². The summed E-state index contributed by atoms with van der Waals surface area (Å²) in [5, 5.41) is 3.10. The Hall–Kier alpha value is -4.18. The quantitative estimate of drug-likeness (QED) is 0.350. The summed E-state index contributed by atoms with van der Waals surface area (Å²) >= 11 is 0. The normalized spacial score (nSPS) is 12.9. The Bertz CT molecular complexity index is 1260. The van der Waals surface area contributed by atoms with Gasteiger partial charge in [-0.1, -0.05) is 91.0 Å². The van der Waals surface area contributed by atoms with Crippen molar-refractivity contribution in [3.63, 3.8) is 0 Å². The lowest BCUT2D eigenvalue weighted by Gasteiger charge is -2.30. The van der Waals surface area contributed by atoms with Gasteiger partial charge in [-0.15, -0.1) is 0 Å². The van der Waals surface area contributed by atoms with Crippen LogP contribution < -0.4 is 10.2 Å². The minimum atomic E-state index is -0.0318. The molecule has 0 unspecified atom stereocenters. The molecule has 0 saturated carbocycles. The first kappa shape index (κ1) is 22.6. The average molecular weight is 461 g/mol. The van der Waals surface area contributed by atoms with Crippen molar-refractivity contribution in [1.29, 1.82) is 0 Å². The number of amides is 2. The molecule has 35 heavy (non-hydrogen) atoms. The molecule has 1 heterocycles. The smallest absolute Gasteiger partial charge is 0.227 e. The number of nitrogens with zero attached hydrogens (tertiary/aromatic N) is 1. The van der Waals surface area contributed by atoms with Crippen LogP contribution in [0.15, 0.2) is 109 Å². The minimum absolute atomic E-state index is 0.0194. The maximum atomic E-state index is 13.1. The van der Waals surface area contributed by atoms with E-state index >= 15 is 0 Å². The van der Waals surface area contributed by atoms with Crippen molar-refractivity contribution in [3.8, 4) is 0 Å². The summed E-state index contributed by atoms with van der Waals surface area (Å²) < 4.78 is 0. The molecule has 1 N–H and O–H groups in total. The van der Waals surface area contributed by atoms with Gasteiger partial charge in [0.05, 0.1) is 6.54 Å². The van der Waals surface area contributed by atoms with Crippen LogP contribution in [0.5, 0.6) is 0 Å². The monoisotopic (exact) mass is 460 g/mol. The van der Waals surface area contributed by atoms with Gasteiger partial charge in [-0.3, -0.25) is 9.59 Å². The van der Waals surface area contributed by atoms with Crippen LogP contribution in [0.25, 0.3) is 0 Å². The molecular formula is C31H28N2O2. The molecule has 4 aromatic rings. The van der Waals surface area contributed by atoms with Crippen molar-refractivity contribution >= 4 is 23.2 Å². The maximum Gasteiger partial charge on any atom is 0.227 e. The van der Waals surface area contributed by atoms with Crippen molar-refractivity contribution in [3.05, 3.63) is 131 Å². The number of benzene rings is 4. The van der Waals surface area contributed by atoms with Crippen LogP contribution in [0.3, 0.4) is 0 Å². The Kier molecular flexibility index (Phi) is 6.71. The van der Waals surface area contributed by atoms with E-state index in [0.29, 0.717) is 25.8 Å². The Morgan fingerprint density at radius 2 is 1.37 bits per heavy atom. The van der Waals surface area contributed by atoms with Gasteiger partial charge in [-0.25, -0.2) is 0 Å². The molecule has 0 spiro atoms. The summed E-state index contributed by atoms with van der Waals surface area (Å²) in [5.74, 6) is 0.0800. The van der Waals surface area contributed by atoms with Crippen molar-refractivity contribution < 1.29 is 9.59 Å². The summed E-state index contributed by atoms with van der Waals surface area (Å²) in [4.78, 5) is 27.6. The van der Waals surface area contributed by atoms with Crippen LogP contribution in [0.1, 0.15) is 41.0 Å². The van der Waals surface area contributed by atoms with Crippen molar-refractivity contribution in [2.24, 2.45) is 0 Å². The molecule has 1 aliphatic heterocycles. The number of carbonyl (C=O) groups is 2. The van der Waals surface area contributed by atoms with Crippen molar-refractivity contribution in [2.75, 3.05) is 10.2 Å². The van der Waals surface area contributed by atoms with Gasteiger partial charge in [0.2, 0.25) is 11.8 Å². The van der Waals surface area contributed by atoms with Crippen LogP contribution in [-0.4, -0.2) is 11.8 Å². The Morgan fingerprint density at radius 1 is 0.771 bits per heavy atom. The predicted octanol–water partition coefficient (Wildman–Crippen LogP) is 6.33. The number of fused-ring (bicyclic) bond motifs is 1. The maximum absolute atomic E-state index is 13.1. The standard InChI is InChI=1S/C31H28N2O2/c34-30(21-28(24-12-6-2-7-13-24)25-14-8-3-9-15-25)32-27-17-18-29-26(20-27)16-19-31(35)33(29)22-23-10-4-1-5-11-23/h1-15,17-18,20,28H,16,19,21-22H2,(H,32,34). The largest absolute Gasteiger partial charge is 0.326 e. The Balaban J connectivity index is 1.33. The second-order valence-electron chi connectivity index (χ2n) is 8.94. The lowest BCUT2D eigenvalue weighted by molar-refractivity contribution is -0.119. The number of nitrogens with one attached hydrogen (secondary N) is 1. The molecule has 0 aromatic heterocycles. The Morgan fingerprint density at radius 3 is 2.00 bits per heavy atom. The molecule has 4 heteroatoms. The molecular weight excluding hydrogens is 432 g/mol. The van der Waals surface area contributed by atoms with E-state index in [-0.39, 0.29) is 17.7 Å². The summed E-state index contributed by atoms with van der Waals surface area (Å²) in [6, 6.07) is 36.2. The fourth-order valence-corrected chi connectivity index (χ4v) is 4.77. The summed E-state index contributed by atoms with van der Waals surface area (Å²) in [6.45, 7) is 0.550. The number of rotatable bonds is 7. The second kappa shape index (κ2) is 10.4. The zero-order chi connectivity index (χ0) is 24.0. The van der Waals surface area contributed by atoms with E-state index < -0.39 is 0 Å². The highest BCUT2D eigenvalue weighted by Gasteiger charge is 2.25. The minimum Gasteiger partial charge on any atom is -0.326 e. The first-order valence-electron chi connectivity index (χ1n) is 12.0.